The van der Waals surface area contributed by atoms with Crippen molar-refractivity contribution in [1.29, 1.82) is 0 Å². The average molecular weight is 390 g/mol. The number of allylic oxidation sites excluding steroid dienone is 4. The van der Waals surface area contributed by atoms with Crippen molar-refractivity contribution < 1.29 is 24.2 Å². The molecule has 118 valence electrons. The Labute approximate surface area is 160 Å². The fourth-order valence-electron chi connectivity index (χ4n) is 2.71. The summed E-state index contributed by atoms with van der Waals surface area (Å²) in [6.07, 6.45) is 13.9. The van der Waals surface area contributed by atoms with Crippen LogP contribution in [0.1, 0.15) is 41.5 Å². The van der Waals surface area contributed by atoms with Crippen molar-refractivity contribution in [2.75, 3.05) is 0 Å². The first-order chi connectivity index (χ1) is 11.6. The Morgan fingerprint density at radius 3 is 2.33 bits per heavy atom. The molecule has 0 aromatic heterocycles. The molecule has 0 unspecified atom stereocenters. The second-order valence-corrected chi connectivity index (χ2v) is 8.25. The Hall–Kier alpha value is -1.33. The zero-order valence-electron chi connectivity index (χ0n) is 14.4. The Morgan fingerprint density at radius 2 is 1.75 bits per heavy atom. The van der Waals surface area contributed by atoms with Gasteiger partial charge in [-0.05, 0) is 13.3 Å². The SMILES string of the molecule is Cc1c[c-]c2c(c1)-c1cc(C)ccc1C2.[C-]1=CC=CC1.[Zr+2]=[C]1CC1. The number of hydrogen-bond acceptors (Lipinski definition) is 0. The molecule has 0 atom stereocenters. The monoisotopic (exact) mass is 388 g/mol. The van der Waals surface area contributed by atoms with E-state index in [1.165, 1.54) is 46.2 Å². The second kappa shape index (κ2) is 8.17. The molecule has 2 aromatic carbocycles. The van der Waals surface area contributed by atoms with Gasteiger partial charge in [0.25, 0.3) is 0 Å². The molecule has 0 heterocycles. The summed E-state index contributed by atoms with van der Waals surface area (Å²) in [5.41, 5.74) is 8.21. The van der Waals surface area contributed by atoms with Gasteiger partial charge in [0.15, 0.2) is 0 Å². The minimum absolute atomic E-state index is 1.01. The van der Waals surface area contributed by atoms with Crippen LogP contribution in [0.15, 0.2) is 48.6 Å². The van der Waals surface area contributed by atoms with E-state index in [9.17, 15) is 0 Å². The molecule has 0 bridgehead atoms. The molecule has 5 rings (SSSR count). The van der Waals surface area contributed by atoms with Crippen molar-refractivity contribution in [2.45, 2.75) is 39.5 Å². The topological polar surface area (TPSA) is 0 Å². The third-order valence-electron chi connectivity index (χ3n) is 4.18. The van der Waals surface area contributed by atoms with E-state index in [0.29, 0.717) is 0 Å². The van der Waals surface area contributed by atoms with Gasteiger partial charge in [-0.3, -0.25) is 6.08 Å². The van der Waals surface area contributed by atoms with Gasteiger partial charge in [-0.1, -0.05) is 41.8 Å². The maximum absolute atomic E-state index is 3.38. The summed E-state index contributed by atoms with van der Waals surface area (Å²) in [5, 5.41) is 0. The van der Waals surface area contributed by atoms with Gasteiger partial charge in [0.2, 0.25) is 0 Å². The first-order valence-electron chi connectivity index (χ1n) is 8.52. The zero-order chi connectivity index (χ0) is 16.9. The molecular formula is C23H22Zr. The van der Waals surface area contributed by atoms with Crippen LogP contribution in [0, 0.1) is 26.0 Å². The van der Waals surface area contributed by atoms with Gasteiger partial charge in [-0.25, -0.2) is 12.2 Å². The molecule has 3 aliphatic rings. The Balaban J connectivity index is 0.000000153. The van der Waals surface area contributed by atoms with E-state index in [-0.39, 0.29) is 0 Å². The average Bonchev–Trinajstić information content (AvgIpc) is 3.07. The van der Waals surface area contributed by atoms with Crippen molar-refractivity contribution in [3.63, 3.8) is 0 Å². The van der Waals surface area contributed by atoms with Crippen LogP contribution < -0.4 is 0 Å². The molecule has 3 aliphatic carbocycles. The van der Waals surface area contributed by atoms with Crippen LogP contribution in [-0.2, 0) is 30.7 Å². The van der Waals surface area contributed by atoms with Crippen LogP contribution in [0.3, 0.4) is 0 Å². The summed E-state index contributed by atoms with van der Waals surface area (Å²) < 4.78 is 1.76. The molecule has 1 saturated carbocycles. The van der Waals surface area contributed by atoms with Gasteiger partial charge in [-0.15, -0.1) is 12.0 Å². The fraction of sp³-hybridized carbons (Fsp3) is 0.261. The van der Waals surface area contributed by atoms with E-state index in [2.05, 4.69) is 62.4 Å². The van der Waals surface area contributed by atoms with Gasteiger partial charge in [-0.2, -0.15) is 35.4 Å². The van der Waals surface area contributed by atoms with Crippen LogP contribution in [0.2, 0.25) is 0 Å². The molecule has 0 spiro atoms. The minimum atomic E-state index is 1.01. The van der Waals surface area contributed by atoms with E-state index < -0.39 is 0 Å². The molecule has 0 aliphatic heterocycles. The summed E-state index contributed by atoms with van der Waals surface area (Å²) in [7, 11) is 0. The number of aryl methyl sites for hydroxylation is 2. The molecular weight excluding hydrogens is 367 g/mol. The summed E-state index contributed by atoms with van der Waals surface area (Å²) in [4.78, 5) is 0. The quantitative estimate of drug-likeness (QED) is 0.447. The molecule has 24 heavy (non-hydrogen) atoms. The van der Waals surface area contributed by atoms with Crippen LogP contribution in [0.4, 0.5) is 0 Å². The summed E-state index contributed by atoms with van der Waals surface area (Å²) in [6, 6.07) is 14.5. The van der Waals surface area contributed by atoms with Crippen molar-refractivity contribution in [3.8, 4) is 11.1 Å². The number of benzene rings is 2. The van der Waals surface area contributed by atoms with E-state index >= 15 is 0 Å². The molecule has 0 nitrogen and oxygen atoms in total. The Morgan fingerprint density at radius 1 is 1.00 bits per heavy atom. The van der Waals surface area contributed by atoms with Crippen molar-refractivity contribution in [1.82, 2.24) is 0 Å². The predicted octanol–water partition coefficient (Wildman–Crippen LogP) is 5.48. The third-order valence-corrected chi connectivity index (χ3v) is 5.41. The van der Waals surface area contributed by atoms with E-state index in [0.717, 1.165) is 12.8 Å². The molecule has 0 amide bonds. The molecule has 0 N–H and O–H groups in total. The first kappa shape index (κ1) is 17.5. The van der Waals surface area contributed by atoms with Crippen LogP contribution >= 0.6 is 0 Å². The standard InChI is InChI=1S/C15H13.C5H5.C3H4.Zr/c1-10-3-5-12-9-13-6-4-11(2)8-15(13)14(12)7-10;1-2-4-5-3-1;1-2-3-1;/h3-5,7-8H,9H2,1-2H3;1-3H,4H2;1-2H2;/q2*-1;;+2. The van der Waals surface area contributed by atoms with Gasteiger partial charge in [0.1, 0.15) is 0 Å². The van der Waals surface area contributed by atoms with Gasteiger partial charge >= 0.3 is 40.3 Å². The fourth-order valence-corrected chi connectivity index (χ4v) is 3.02. The molecule has 1 heteroatoms. The summed E-state index contributed by atoms with van der Waals surface area (Å²) in [6.45, 7) is 4.28. The van der Waals surface area contributed by atoms with Crippen LogP contribution in [-0.4, -0.2) is 3.21 Å². The molecule has 2 aromatic rings. The van der Waals surface area contributed by atoms with E-state index in [1.54, 1.807) is 27.4 Å². The van der Waals surface area contributed by atoms with Crippen molar-refractivity contribution in [3.05, 3.63) is 83.0 Å². The predicted molar refractivity (Wildman–Crippen MR) is 98.8 cm³/mol. The van der Waals surface area contributed by atoms with Gasteiger partial charge in [0.05, 0.1) is 0 Å². The molecule has 1 fully saturated rings. The molecule has 0 radical (unpaired) electrons. The van der Waals surface area contributed by atoms with Crippen LogP contribution in [0.5, 0.6) is 0 Å². The summed E-state index contributed by atoms with van der Waals surface area (Å²) >= 11 is 1.66. The first-order valence-corrected chi connectivity index (χ1v) is 9.75. The Bertz CT molecular complexity index is 743. The van der Waals surface area contributed by atoms with Crippen molar-refractivity contribution >= 4 is 3.21 Å². The van der Waals surface area contributed by atoms with Crippen LogP contribution in [0.25, 0.3) is 11.1 Å². The number of fused-ring (bicyclic) bond motifs is 3. The van der Waals surface area contributed by atoms with Gasteiger partial charge in [0, 0.05) is 0 Å². The number of hydrogen-bond donors (Lipinski definition) is 0. The normalized spacial score (nSPS) is 15.1. The third kappa shape index (κ3) is 4.84. The summed E-state index contributed by atoms with van der Waals surface area (Å²) in [5.74, 6) is 0. The zero-order valence-corrected chi connectivity index (χ0v) is 16.9. The van der Waals surface area contributed by atoms with Crippen molar-refractivity contribution in [2.24, 2.45) is 0 Å². The Kier molecular flexibility index (Phi) is 5.95. The second-order valence-electron chi connectivity index (χ2n) is 6.51. The van der Waals surface area contributed by atoms with E-state index in [4.69, 9.17) is 0 Å². The van der Waals surface area contributed by atoms with Gasteiger partial charge < -0.3 is 0 Å². The molecule has 0 saturated heterocycles. The van der Waals surface area contributed by atoms with E-state index in [1.807, 2.05) is 12.2 Å². The maximum atomic E-state index is 3.38. The number of rotatable bonds is 0.